The summed E-state index contributed by atoms with van der Waals surface area (Å²) in [7, 11) is 0. The number of hydrogen-bond donors (Lipinski definition) is 1. The van der Waals surface area contributed by atoms with Crippen molar-refractivity contribution in [3.8, 4) is 28.3 Å². The number of ether oxygens (including phenoxy) is 1. The number of rotatable bonds is 5. The molecule has 1 saturated carbocycles. The van der Waals surface area contributed by atoms with Crippen molar-refractivity contribution in [2.45, 2.75) is 32.1 Å². The van der Waals surface area contributed by atoms with Gasteiger partial charge in [0.25, 0.3) is 0 Å². The molecule has 0 saturated heterocycles. The molecule has 1 N–H and O–H groups in total. The van der Waals surface area contributed by atoms with Gasteiger partial charge in [-0.15, -0.1) is 0 Å². The van der Waals surface area contributed by atoms with Gasteiger partial charge in [0.15, 0.2) is 0 Å². The van der Waals surface area contributed by atoms with Gasteiger partial charge in [-0.2, -0.15) is 5.10 Å². The van der Waals surface area contributed by atoms with Crippen LogP contribution < -0.4 is 4.74 Å². The number of benzene rings is 1. The largest absolute Gasteiger partial charge is 0.492 e. The fourth-order valence-corrected chi connectivity index (χ4v) is 4.18. The van der Waals surface area contributed by atoms with Crippen LogP contribution in [-0.4, -0.2) is 26.8 Å². The molecule has 3 heterocycles. The first-order valence-corrected chi connectivity index (χ1v) is 10.5. The normalized spacial score (nSPS) is 14.8. The summed E-state index contributed by atoms with van der Waals surface area (Å²) in [4.78, 5) is 8.85. The molecule has 30 heavy (non-hydrogen) atoms. The van der Waals surface area contributed by atoms with Crippen LogP contribution in [0.5, 0.6) is 5.75 Å². The lowest BCUT2D eigenvalue weighted by atomic mass is 9.90. The minimum Gasteiger partial charge on any atom is -0.492 e. The van der Waals surface area contributed by atoms with Crippen molar-refractivity contribution in [2.75, 3.05) is 6.61 Å². The predicted octanol–water partition coefficient (Wildman–Crippen LogP) is 5.79. The monoisotopic (exact) mass is 402 g/mol. The molecule has 152 valence electrons. The van der Waals surface area contributed by atoms with Crippen molar-refractivity contribution in [3.63, 3.8) is 0 Å². The van der Waals surface area contributed by atoms with E-state index < -0.39 is 0 Å². The molecular weight excluding hydrogens is 379 g/mol. The second-order valence-electron chi connectivity index (χ2n) is 7.85. The summed E-state index contributed by atoms with van der Waals surface area (Å²) in [6.07, 6.45) is 11.6. The molecule has 0 atom stereocenters. The molecule has 0 spiro atoms. The van der Waals surface area contributed by atoms with Crippen molar-refractivity contribution in [3.05, 3.63) is 60.8 Å². The Kier molecular flexibility index (Phi) is 5.13. The summed E-state index contributed by atoms with van der Waals surface area (Å²) in [6.45, 7) is 0.714. The summed E-state index contributed by atoms with van der Waals surface area (Å²) in [5, 5.41) is 8.09. The Morgan fingerprint density at radius 3 is 2.77 bits per heavy atom. The van der Waals surface area contributed by atoms with E-state index in [1.165, 1.54) is 38.2 Å². The van der Waals surface area contributed by atoms with Gasteiger partial charge in [-0.05, 0) is 43.0 Å². The lowest BCUT2D eigenvalue weighted by Gasteiger charge is -2.22. The molecule has 4 aromatic rings. The quantitative estimate of drug-likeness (QED) is 0.459. The number of hydrogen-bond acceptors (Lipinski definition) is 4. The van der Waals surface area contributed by atoms with E-state index >= 15 is 0 Å². The van der Waals surface area contributed by atoms with Crippen molar-refractivity contribution < 1.29 is 9.13 Å². The molecule has 1 fully saturated rings. The van der Waals surface area contributed by atoms with Gasteiger partial charge in [-0.25, -0.2) is 4.39 Å². The van der Waals surface area contributed by atoms with Gasteiger partial charge in [-0.1, -0.05) is 31.4 Å². The standard InChI is InChI=1S/C24H23FN4O/c25-20-9-5-4-8-17(20)24-18-12-21(27-14-22(18)28-29-24)19-13-26-11-10-23(19)30-15-16-6-2-1-3-7-16/h4-5,8-14,16H,1-3,6-7,15H2,(H,28,29). The number of halogens is 1. The SMILES string of the molecule is Fc1ccccc1-c1n[nH]c2cnc(-c3cnccc3OCC3CCCCC3)cc12. The highest BCUT2D eigenvalue weighted by atomic mass is 19.1. The highest BCUT2D eigenvalue weighted by Gasteiger charge is 2.17. The van der Waals surface area contributed by atoms with E-state index in [1.807, 2.05) is 12.1 Å². The van der Waals surface area contributed by atoms with E-state index in [1.54, 1.807) is 36.8 Å². The smallest absolute Gasteiger partial charge is 0.132 e. The van der Waals surface area contributed by atoms with Gasteiger partial charge in [-0.3, -0.25) is 15.1 Å². The third-order valence-corrected chi connectivity index (χ3v) is 5.83. The van der Waals surface area contributed by atoms with Crippen LogP contribution in [0.2, 0.25) is 0 Å². The number of pyridine rings is 2. The third kappa shape index (κ3) is 3.65. The summed E-state index contributed by atoms with van der Waals surface area (Å²) in [5.41, 5.74) is 3.34. The van der Waals surface area contributed by atoms with Crippen LogP contribution in [0.1, 0.15) is 32.1 Å². The van der Waals surface area contributed by atoms with Crippen LogP contribution in [0.25, 0.3) is 33.4 Å². The van der Waals surface area contributed by atoms with Crippen molar-refractivity contribution in [1.82, 2.24) is 20.2 Å². The van der Waals surface area contributed by atoms with Gasteiger partial charge in [0.05, 0.1) is 29.6 Å². The molecule has 0 unspecified atom stereocenters. The minimum absolute atomic E-state index is 0.304. The number of aromatic amines is 1. The van der Waals surface area contributed by atoms with Crippen LogP contribution in [0, 0.1) is 11.7 Å². The van der Waals surface area contributed by atoms with E-state index in [9.17, 15) is 4.39 Å². The summed E-state index contributed by atoms with van der Waals surface area (Å²) < 4.78 is 20.5. The maximum absolute atomic E-state index is 14.3. The summed E-state index contributed by atoms with van der Waals surface area (Å²) in [6, 6.07) is 10.5. The number of nitrogens with zero attached hydrogens (tertiary/aromatic N) is 3. The molecule has 5 nitrogen and oxygen atoms in total. The molecule has 1 aliphatic carbocycles. The Balaban J connectivity index is 1.49. The zero-order valence-corrected chi connectivity index (χ0v) is 16.6. The number of nitrogens with one attached hydrogen (secondary N) is 1. The Morgan fingerprint density at radius 1 is 1.03 bits per heavy atom. The average Bonchev–Trinajstić information content (AvgIpc) is 3.22. The molecule has 3 aromatic heterocycles. The number of fused-ring (bicyclic) bond motifs is 1. The molecule has 1 aromatic carbocycles. The van der Waals surface area contributed by atoms with E-state index in [0.717, 1.165) is 27.9 Å². The van der Waals surface area contributed by atoms with Crippen molar-refractivity contribution >= 4 is 10.9 Å². The van der Waals surface area contributed by atoms with Gasteiger partial charge >= 0.3 is 0 Å². The lowest BCUT2D eigenvalue weighted by Crippen LogP contribution is -2.15. The van der Waals surface area contributed by atoms with E-state index in [4.69, 9.17) is 4.74 Å². The average molecular weight is 402 g/mol. The second-order valence-corrected chi connectivity index (χ2v) is 7.85. The first-order valence-electron chi connectivity index (χ1n) is 10.5. The van der Waals surface area contributed by atoms with Crippen LogP contribution in [0.3, 0.4) is 0 Å². The third-order valence-electron chi connectivity index (χ3n) is 5.83. The Hall–Kier alpha value is -3.28. The molecule has 0 aliphatic heterocycles. The second kappa shape index (κ2) is 8.22. The molecule has 5 rings (SSSR count). The number of aromatic nitrogens is 4. The molecule has 0 radical (unpaired) electrons. The summed E-state index contributed by atoms with van der Waals surface area (Å²) >= 11 is 0. The van der Waals surface area contributed by atoms with Gasteiger partial charge < -0.3 is 4.74 Å². The lowest BCUT2D eigenvalue weighted by molar-refractivity contribution is 0.209. The van der Waals surface area contributed by atoms with Crippen LogP contribution in [0.15, 0.2) is 55.0 Å². The van der Waals surface area contributed by atoms with Crippen molar-refractivity contribution in [1.29, 1.82) is 0 Å². The zero-order chi connectivity index (χ0) is 20.3. The first-order chi connectivity index (χ1) is 14.8. The summed E-state index contributed by atoms with van der Waals surface area (Å²) in [5.74, 6) is 1.08. The molecule has 0 amide bonds. The van der Waals surface area contributed by atoms with Gasteiger partial charge in [0.1, 0.15) is 17.3 Å². The van der Waals surface area contributed by atoms with Crippen molar-refractivity contribution in [2.24, 2.45) is 5.92 Å². The molecular formula is C24H23FN4O. The fraction of sp³-hybridized carbons (Fsp3) is 0.292. The molecule has 6 heteroatoms. The Labute approximate surface area is 174 Å². The molecule has 1 aliphatic rings. The zero-order valence-electron chi connectivity index (χ0n) is 16.6. The van der Waals surface area contributed by atoms with Gasteiger partial charge in [0, 0.05) is 23.3 Å². The van der Waals surface area contributed by atoms with E-state index in [2.05, 4.69) is 20.2 Å². The topological polar surface area (TPSA) is 63.7 Å². The van der Waals surface area contributed by atoms with E-state index in [-0.39, 0.29) is 5.82 Å². The van der Waals surface area contributed by atoms with Crippen LogP contribution in [0.4, 0.5) is 4.39 Å². The first kappa shape index (κ1) is 18.7. The molecule has 0 bridgehead atoms. The maximum atomic E-state index is 14.3. The van der Waals surface area contributed by atoms with Crippen LogP contribution >= 0.6 is 0 Å². The van der Waals surface area contributed by atoms with Gasteiger partial charge in [0.2, 0.25) is 0 Å². The highest BCUT2D eigenvalue weighted by molar-refractivity contribution is 5.94. The Morgan fingerprint density at radius 2 is 1.90 bits per heavy atom. The maximum Gasteiger partial charge on any atom is 0.132 e. The number of H-pyrrole nitrogens is 1. The highest BCUT2D eigenvalue weighted by Crippen LogP contribution is 2.34. The predicted molar refractivity (Wildman–Crippen MR) is 115 cm³/mol. The minimum atomic E-state index is -0.304. The van der Waals surface area contributed by atoms with Crippen LogP contribution in [-0.2, 0) is 0 Å². The fourth-order valence-electron chi connectivity index (χ4n) is 4.18. The Bertz CT molecular complexity index is 1170. The van der Waals surface area contributed by atoms with E-state index in [0.29, 0.717) is 23.8 Å².